The fourth-order valence-electron chi connectivity index (χ4n) is 1.94. The van der Waals surface area contributed by atoms with E-state index in [1.807, 2.05) is 0 Å². The van der Waals surface area contributed by atoms with Gasteiger partial charge in [-0.25, -0.2) is 4.68 Å². The average molecular weight is 324 g/mol. The van der Waals surface area contributed by atoms with Crippen LogP contribution in [0.3, 0.4) is 0 Å². The Morgan fingerprint density at radius 3 is 2.57 bits per heavy atom. The van der Waals surface area contributed by atoms with Crippen molar-refractivity contribution in [3.63, 3.8) is 0 Å². The van der Waals surface area contributed by atoms with Crippen LogP contribution in [0.5, 0.6) is 0 Å². The van der Waals surface area contributed by atoms with Crippen molar-refractivity contribution in [2.45, 2.75) is 6.18 Å². The molecule has 118 valence electrons. The van der Waals surface area contributed by atoms with Crippen LogP contribution in [-0.4, -0.2) is 19.7 Å². The third kappa shape index (κ3) is 2.78. The van der Waals surface area contributed by atoms with E-state index in [-0.39, 0.29) is 17.1 Å². The van der Waals surface area contributed by atoms with Crippen LogP contribution in [0.1, 0.15) is 5.69 Å². The fourth-order valence-corrected chi connectivity index (χ4v) is 1.94. The van der Waals surface area contributed by atoms with Crippen LogP contribution in [0.2, 0.25) is 0 Å². The molecule has 0 aliphatic carbocycles. The van der Waals surface area contributed by atoms with Gasteiger partial charge in [-0.1, -0.05) is 0 Å². The number of nitrogens with zero attached hydrogens (tertiary/aromatic N) is 4. The second-order valence-electron chi connectivity index (χ2n) is 4.43. The molecule has 23 heavy (non-hydrogen) atoms. The topological polar surface area (TPSA) is 87.0 Å². The van der Waals surface area contributed by atoms with E-state index in [0.29, 0.717) is 4.68 Å². The Balaban J connectivity index is 2.11. The van der Waals surface area contributed by atoms with Gasteiger partial charge in [0.25, 0.3) is 0 Å². The zero-order valence-electron chi connectivity index (χ0n) is 11.2. The second kappa shape index (κ2) is 5.23. The highest BCUT2D eigenvalue weighted by atomic mass is 19.4. The van der Waals surface area contributed by atoms with Crippen molar-refractivity contribution >= 4 is 5.82 Å². The molecule has 3 aromatic rings. The summed E-state index contributed by atoms with van der Waals surface area (Å²) in [5.74, 6) is -0.301. The van der Waals surface area contributed by atoms with Crippen molar-refractivity contribution < 1.29 is 22.5 Å². The summed E-state index contributed by atoms with van der Waals surface area (Å²) in [5, 5.41) is 14.4. The Morgan fingerprint density at radius 2 is 2.04 bits per heavy atom. The van der Waals surface area contributed by atoms with Gasteiger partial charge in [-0.15, -0.1) is 0 Å². The van der Waals surface area contributed by atoms with Crippen molar-refractivity contribution in [3.8, 4) is 17.1 Å². The average Bonchev–Trinajstić information content (AvgIpc) is 3.16. The van der Waals surface area contributed by atoms with Crippen molar-refractivity contribution in [2.75, 3.05) is 0 Å². The fraction of sp³-hybridized carbons (Fsp3) is 0.0769. The van der Waals surface area contributed by atoms with Crippen LogP contribution >= 0.6 is 0 Å². The van der Waals surface area contributed by atoms with Gasteiger partial charge in [-0.2, -0.15) is 18.3 Å². The predicted molar refractivity (Wildman–Crippen MR) is 70.7 cm³/mol. The number of hydrogen-bond acceptors (Lipinski definition) is 5. The first-order valence-corrected chi connectivity index (χ1v) is 6.18. The predicted octanol–water partition coefficient (Wildman–Crippen LogP) is 3.45. The minimum absolute atomic E-state index is 0.0133. The molecular formula is C13H7F3N4O3. The number of halogens is 3. The van der Waals surface area contributed by atoms with E-state index in [1.54, 1.807) is 0 Å². The molecular weight excluding hydrogens is 317 g/mol. The van der Waals surface area contributed by atoms with E-state index in [9.17, 15) is 23.3 Å². The maximum absolute atomic E-state index is 13.2. The van der Waals surface area contributed by atoms with Gasteiger partial charge in [-0.3, -0.25) is 0 Å². The van der Waals surface area contributed by atoms with E-state index >= 15 is 0 Å². The molecule has 3 rings (SSSR count). The molecule has 0 saturated carbocycles. The summed E-state index contributed by atoms with van der Waals surface area (Å²) < 4.78 is 45.2. The molecule has 0 unspecified atom stereocenters. The first kappa shape index (κ1) is 14.8. The van der Waals surface area contributed by atoms with E-state index in [0.717, 1.165) is 24.4 Å². The van der Waals surface area contributed by atoms with Gasteiger partial charge >= 0.3 is 12.0 Å². The van der Waals surface area contributed by atoms with E-state index in [4.69, 9.17) is 4.42 Å². The lowest BCUT2D eigenvalue weighted by Gasteiger charge is -2.08. The van der Waals surface area contributed by atoms with Crippen molar-refractivity contribution in [1.29, 1.82) is 0 Å². The Bertz CT molecular complexity index is 838. The summed E-state index contributed by atoms with van der Waals surface area (Å²) in [6.45, 7) is 0. The van der Waals surface area contributed by atoms with E-state index in [2.05, 4.69) is 10.1 Å². The highest BCUT2D eigenvalue weighted by Crippen LogP contribution is 2.34. The molecule has 0 saturated heterocycles. The number of rotatable bonds is 3. The van der Waals surface area contributed by atoms with Crippen molar-refractivity contribution in [2.24, 2.45) is 0 Å². The Labute approximate surface area is 126 Å². The summed E-state index contributed by atoms with van der Waals surface area (Å²) in [6, 6.07) is 5.97. The third-order valence-corrected chi connectivity index (χ3v) is 2.94. The summed E-state index contributed by atoms with van der Waals surface area (Å²) >= 11 is 0. The molecule has 0 amide bonds. The van der Waals surface area contributed by atoms with Gasteiger partial charge in [0.05, 0.1) is 6.26 Å². The number of pyridine rings is 1. The summed E-state index contributed by atoms with van der Waals surface area (Å²) in [6.07, 6.45) is -2.40. The third-order valence-electron chi connectivity index (χ3n) is 2.94. The van der Waals surface area contributed by atoms with E-state index in [1.165, 1.54) is 18.4 Å². The van der Waals surface area contributed by atoms with Crippen LogP contribution in [-0.2, 0) is 6.18 Å². The molecule has 0 aliphatic heterocycles. The highest BCUT2D eigenvalue weighted by molar-refractivity contribution is 5.54. The Kier molecular flexibility index (Phi) is 3.36. The maximum Gasteiger partial charge on any atom is 0.433 e. The molecule has 0 fully saturated rings. The molecule has 3 aromatic heterocycles. The van der Waals surface area contributed by atoms with Gasteiger partial charge in [0.1, 0.15) is 17.1 Å². The molecule has 0 N–H and O–H groups in total. The van der Waals surface area contributed by atoms with Gasteiger partial charge in [0, 0.05) is 12.1 Å². The molecule has 0 radical (unpaired) electrons. The van der Waals surface area contributed by atoms with Crippen molar-refractivity contribution in [3.05, 3.63) is 58.6 Å². The largest absolute Gasteiger partial charge is 0.463 e. The van der Waals surface area contributed by atoms with Crippen LogP contribution in [0.4, 0.5) is 19.0 Å². The lowest BCUT2D eigenvalue weighted by molar-refractivity contribution is -0.389. The standard InChI is InChI=1S/C13H7F3N4O3/c14-13(15,16)11-6-9(10-2-1-5-23-10)18-19(11)8-3-4-12(17-7-8)20(21)22/h1-7H. The number of alkyl halides is 3. The van der Waals surface area contributed by atoms with Crippen LogP contribution in [0, 0.1) is 10.1 Å². The first-order valence-electron chi connectivity index (χ1n) is 6.18. The molecule has 0 atom stereocenters. The molecule has 10 heteroatoms. The van der Waals surface area contributed by atoms with Crippen LogP contribution in [0.15, 0.2) is 47.2 Å². The molecule has 0 aromatic carbocycles. The van der Waals surface area contributed by atoms with Gasteiger partial charge in [-0.05, 0) is 28.1 Å². The zero-order chi connectivity index (χ0) is 16.6. The summed E-state index contributed by atoms with van der Waals surface area (Å²) in [4.78, 5) is 13.3. The summed E-state index contributed by atoms with van der Waals surface area (Å²) in [7, 11) is 0. The summed E-state index contributed by atoms with van der Waals surface area (Å²) in [5.41, 5.74) is -1.11. The van der Waals surface area contributed by atoms with Gasteiger partial charge in [0.15, 0.2) is 12.0 Å². The minimum Gasteiger partial charge on any atom is -0.463 e. The first-order chi connectivity index (χ1) is 10.9. The van der Waals surface area contributed by atoms with Crippen LogP contribution < -0.4 is 0 Å². The molecule has 0 spiro atoms. The van der Waals surface area contributed by atoms with E-state index < -0.39 is 22.6 Å². The monoisotopic (exact) mass is 324 g/mol. The molecule has 0 bridgehead atoms. The molecule has 3 heterocycles. The Morgan fingerprint density at radius 1 is 1.26 bits per heavy atom. The maximum atomic E-state index is 13.2. The highest BCUT2D eigenvalue weighted by Gasteiger charge is 2.37. The van der Waals surface area contributed by atoms with Crippen molar-refractivity contribution in [1.82, 2.24) is 14.8 Å². The normalized spacial score (nSPS) is 11.6. The quantitative estimate of drug-likeness (QED) is 0.544. The number of hydrogen-bond donors (Lipinski definition) is 0. The van der Waals surface area contributed by atoms with Gasteiger partial charge in [0.2, 0.25) is 0 Å². The zero-order valence-corrected chi connectivity index (χ0v) is 11.2. The smallest absolute Gasteiger partial charge is 0.433 e. The van der Waals surface area contributed by atoms with Crippen LogP contribution in [0.25, 0.3) is 17.1 Å². The molecule has 0 aliphatic rings. The number of nitro groups is 1. The minimum atomic E-state index is -4.67. The number of aromatic nitrogens is 3. The van der Waals surface area contributed by atoms with Gasteiger partial charge < -0.3 is 14.5 Å². The number of furan rings is 1. The lowest BCUT2D eigenvalue weighted by atomic mass is 10.3. The Hall–Kier alpha value is -3.17. The SMILES string of the molecule is O=[N+]([O-])c1ccc(-n2nc(-c3ccco3)cc2C(F)(F)F)cn1. The second-order valence-corrected chi connectivity index (χ2v) is 4.43. The molecule has 7 nitrogen and oxygen atoms in total. The lowest BCUT2D eigenvalue weighted by Crippen LogP contribution is -2.13.